The first-order valence-corrected chi connectivity index (χ1v) is 8.45. The predicted octanol–water partition coefficient (Wildman–Crippen LogP) is 3.98. The summed E-state index contributed by atoms with van der Waals surface area (Å²) >= 11 is 0. The maximum Gasteiger partial charge on any atom is 0.262 e. The van der Waals surface area contributed by atoms with Gasteiger partial charge in [-0.05, 0) is 36.2 Å². The number of ether oxygens (including phenoxy) is 1. The number of carbonyl (C=O) groups excluding carboxylic acids is 1. The number of nitrogens with zero attached hydrogens (tertiary/aromatic N) is 2. The molecule has 1 amide bonds. The van der Waals surface area contributed by atoms with Crippen LogP contribution in [-0.2, 0) is 11.2 Å². The molecule has 0 bridgehead atoms. The van der Waals surface area contributed by atoms with E-state index in [1.54, 1.807) is 17.1 Å². The Bertz CT molecular complexity index is 901. The first-order chi connectivity index (χ1) is 12.7. The number of imidazole rings is 1. The Hall–Kier alpha value is -3.34. The lowest BCUT2D eigenvalue weighted by atomic mass is 10.1. The maximum absolute atomic E-state index is 12.2. The van der Waals surface area contributed by atoms with E-state index in [0.717, 1.165) is 23.4 Å². The van der Waals surface area contributed by atoms with E-state index >= 15 is 0 Å². The third kappa shape index (κ3) is 4.19. The van der Waals surface area contributed by atoms with Gasteiger partial charge in [-0.15, -0.1) is 0 Å². The average molecular weight is 347 g/mol. The zero-order valence-corrected chi connectivity index (χ0v) is 14.7. The number of para-hydroxylation sites is 1. The summed E-state index contributed by atoms with van der Waals surface area (Å²) in [6, 6.07) is 15.3. The first-order valence-electron chi connectivity index (χ1n) is 8.45. The van der Waals surface area contributed by atoms with Crippen molar-refractivity contribution in [3.63, 3.8) is 0 Å². The van der Waals surface area contributed by atoms with Gasteiger partial charge in [0, 0.05) is 23.6 Å². The molecule has 5 nitrogen and oxygen atoms in total. The fraction of sp³-hybridized carbons (Fsp3) is 0.143. The number of nitrogens with one attached hydrogen (secondary N) is 1. The van der Waals surface area contributed by atoms with Gasteiger partial charge in [0.1, 0.15) is 5.75 Å². The minimum atomic E-state index is -0.207. The molecule has 0 unspecified atom stereocenters. The summed E-state index contributed by atoms with van der Waals surface area (Å²) in [5.74, 6) is 0.393. The second kappa shape index (κ2) is 8.16. The van der Waals surface area contributed by atoms with Crippen molar-refractivity contribution in [2.45, 2.75) is 13.3 Å². The van der Waals surface area contributed by atoms with E-state index in [1.165, 1.54) is 5.56 Å². The number of rotatable bonds is 7. The van der Waals surface area contributed by atoms with Crippen LogP contribution in [0.5, 0.6) is 5.75 Å². The Morgan fingerprint density at radius 1 is 1.23 bits per heavy atom. The highest BCUT2D eigenvalue weighted by molar-refractivity contribution is 5.92. The van der Waals surface area contributed by atoms with Crippen LogP contribution in [0.25, 0.3) is 5.70 Å². The number of benzene rings is 2. The van der Waals surface area contributed by atoms with Gasteiger partial charge in [0.15, 0.2) is 6.61 Å². The molecule has 0 aliphatic carbocycles. The standard InChI is InChI=1S/C21H21N3O2/c1-3-17-7-6-8-18(13-17)23-21(25)14-26-20-10-5-4-9-19(20)16(2)24-12-11-22-15-24/h4-13,15H,2-3,14H2,1H3,(H,23,25). The Balaban J connectivity index is 1.66. The van der Waals surface area contributed by atoms with Crippen LogP contribution in [0.3, 0.4) is 0 Å². The van der Waals surface area contributed by atoms with E-state index in [9.17, 15) is 4.79 Å². The molecule has 1 N–H and O–H groups in total. The van der Waals surface area contributed by atoms with Crippen molar-refractivity contribution in [1.82, 2.24) is 9.55 Å². The van der Waals surface area contributed by atoms with E-state index in [-0.39, 0.29) is 12.5 Å². The van der Waals surface area contributed by atoms with Crippen LogP contribution in [0.15, 0.2) is 73.8 Å². The minimum absolute atomic E-state index is 0.0788. The number of amides is 1. The van der Waals surface area contributed by atoms with Crippen molar-refractivity contribution >= 4 is 17.3 Å². The lowest BCUT2D eigenvalue weighted by Crippen LogP contribution is -2.20. The van der Waals surface area contributed by atoms with Crippen molar-refractivity contribution in [3.05, 3.63) is 85.0 Å². The molecule has 0 radical (unpaired) electrons. The highest BCUT2D eigenvalue weighted by Crippen LogP contribution is 2.26. The van der Waals surface area contributed by atoms with E-state index in [2.05, 4.69) is 23.8 Å². The highest BCUT2D eigenvalue weighted by atomic mass is 16.5. The average Bonchev–Trinajstić information content (AvgIpc) is 3.21. The lowest BCUT2D eigenvalue weighted by Gasteiger charge is -2.14. The molecule has 26 heavy (non-hydrogen) atoms. The number of hydrogen-bond acceptors (Lipinski definition) is 3. The summed E-state index contributed by atoms with van der Waals surface area (Å²) in [6.07, 6.45) is 6.09. The molecule has 5 heteroatoms. The molecule has 0 fully saturated rings. The lowest BCUT2D eigenvalue weighted by molar-refractivity contribution is -0.118. The fourth-order valence-corrected chi connectivity index (χ4v) is 2.60. The van der Waals surface area contributed by atoms with Gasteiger partial charge in [-0.3, -0.25) is 4.79 Å². The van der Waals surface area contributed by atoms with E-state index in [1.807, 2.05) is 54.7 Å². The number of carbonyl (C=O) groups is 1. The summed E-state index contributed by atoms with van der Waals surface area (Å²) in [7, 11) is 0. The monoisotopic (exact) mass is 347 g/mol. The van der Waals surface area contributed by atoms with Crippen molar-refractivity contribution in [3.8, 4) is 5.75 Å². The van der Waals surface area contributed by atoms with E-state index in [4.69, 9.17) is 4.74 Å². The molecular formula is C21H21N3O2. The van der Waals surface area contributed by atoms with Gasteiger partial charge in [0.2, 0.25) is 0 Å². The molecule has 1 aromatic heterocycles. The molecule has 2 aromatic carbocycles. The molecular weight excluding hydrogens is 326 g/mol. The zero-order chi connectivity index (χ0) is 18.4. The van der Waals surface area contributed by atoms with Crippen molar-refractivity contribution < 1.29 is 9.53 Å². The minimum Gasteiger partial charge on any atom is -0.483 e. The highest BCUT2D eigenvalue weighted by Gasteiger charge is 2.10. The maximum atomic E-state index is 12.2. The third-order valence-electron chi connectivity index (χ3n) is 3.99. The number of anilines is 1. The van der Waals surface area contributed by atoms with Gasteiger partial charge in [-0.2, -0.15) is 0 Å². The van der Waals surface area contributed by atoms with Crippen LogP contribution < -0.4 is 10.1 Å². The van der Waals surface area contributed by atoms with Gasteiger partial charge in [0.05, 0.1) is 12.0 Å². The molecule has 0 saturated heterocycles. The van der Waals surface area contributed by atoms with Crippen LogP contribution in [0.4, 0.5) is 5.69 Å². The summed E-state index contributed by atoms with van der Waals surface area (Å²) in [6.45, 7) is 6.08. The van der Waals surface area contributed by atoms with Gasteiger partial charge < -0.3 is 14.6 Å². The van der Waals surface area contributed by atoms with Crippen LogP contribution >= 0.6 is 0 Å². The molecule has 1 heterocycles. The molecule has 0 aliphatic rings. The molecule has 3 aromatic rings. The van der Waals surface area contributed by atoms with Gasteiger partial charge in [-0.25, -0.2) is 4.98 Å². The summed E-state index contributed by atoms with van der Waals surface area (Å²) < 4.78 is 7.54. The smallest absolute Gasteiger partial charge is 0.262 e. The van der Waals surface area contributed by atoms with Crippen LogP contribution in [0.1, 0.15) is 18.1 Å². The van der Waals surface area contributed by atoms with E-state index < -0.39 is 0 Å². The predicted molar refractivity (Wildman–Crippen MR) is 103 cm³/mol. The number of aromatic nitrogens is 2. The van der Waals surface area contributed by atoms with Crippen molar-refractivity contribution in [2.24, 2.45) is 0 Å². The SMILES string of the molecule is C=C(c1ccccc1OCC(=O)Nc1cccc(CC)c1)n1ccnc1. The van der Waals surface area contributed by atoms with Gasteiger partial charge >= 0.3 is 0 Å². The van der Waals surface area contributed by atoms with Gasteiger partial charge in [-0.1, -0.05) is 37.8 Å². The normalized spacial score (nSPS) is 10.3. The summed E-state index contributed by atoms with van der Waals surface area (Å²) in [4.78, 5) is 16.3. The Morgan fingerprint density at radius 2 is 2.08 bits per heavy atom. The number of aryl methyl sites for hydroxylation is 1. The zero-order valence-electron chi connectivity index (χ0n) is 14.7. The van der Waals surface area contributed by atoms with Crippen LogP contribution in [0, 0.1) is 0 Å². The molecule has 0 spiro atoms. The van der Waals surface area contributed by atoms with E-state index in [0.29, 0.717) is 5.75 Å². The summed E-state index contributed by atoms with van der Waals surface area (Å²) in [5, 5.41) is 2.86. The van der Waals surface area contributed by atoms with Gasteiger partial charge in [0.25, 0.3) is 5.91 Å². The molecule has 3 rings (SSSR count). The molecule has 0 aliphatic heterocycles. The second-order valence-electron chi connectivity index (χ2n) is 5.80. The Kier molecular flexibility index (Phi) is 5.49. The molecule has 132 valence electrons. The summed E-state index contributed by atoms with van der Waals surface area (Å²) in [5.41, 5.74) is 3.49. The van der Waals surface area contributed by atoms with Crippen molar-refractivity contribution in [2.75, 3.05) is 11.9 Å². The topological polar surface area (TPSA) is 56.1 Å². The molecule has 0 atom stereocenters. The first kappa shape index (κ1) is 17.5. The largest absolute Gasteiger partial charge is 0.483 e. The third-order valence-corrected chi connectivity index (χ3v) is 3.99. The number of hydrogen-bond donors (Lipinski definition) is 1. The van der Waals surface area contributed by atoms with Crippen LogP contribution in [-0.4, -0.2) is 22.1 Å². The fourth-order valence-electron chi connectivity index (χ4n) is 2.60. The quantitative estimate of drug-likeness (QED) is 0.703. The molecule has 0 saturated carbocycles. The Morgan fingerprint density at radius 3 is 2.85 bits per heavy atom. The van der Waals surface area contributed by atoms with Crippen molar-refractivity contribution in [1.29, 1.82) is 0 Å². The van der Waals surface area contributed by atoms with Crippen LogP contribution in [0.2, 0.25) is 0 Å². The Labute approximate surface area is 153 Å². The second-order valence-corrected chi connectivity index (χ2v) is 5.80.